The Kier molecular flexibility index (Phi) is 3.96. The van der Waals surface area contributed by atoms with Gasteiger partial charge >= 0.3 is 0 Å². The van der Waals surface area contributed by atoms with Crippen molar-refractivity contribution in [3.8, 4) is 0 Å². The highest BCUT2D eigenvalue weighted by molar-refractivity contribution is 6.14. The first-order chi connectivity index (χ1) is 12.9. The molecule has 4 rings (SSSR count). The molecule has 27 heavy (non-hydrogen) atoms. The molecular formula is C16H17N5O6. The van der Waals surface area contributed by atoms with E-state index in [0.29, 0.717) is 23.0 Å². The number of anilines is 1. The van der Waals surface area contributed by atoms with Gasteiger partial charge in [0.2, 0.25) is 6.41 Å². The molecule has 2 amide bonds. The predicted octanol–water partition coefficient (Wildman–Crippen LogP) is -1.53. The highest BCUT2D eigenvalue weighted by atomic mass is 16.6. The van der Waals surface area contributed by atoms with Crippen LogP contribution >= 0.6 is 0 Å². The van der Waals surface area contributed by atoms with Gasteiger partial charge in [0.15, 0.2) is 6.23 Å². The quantitative estimate of drug-likeness (QED) is 0.403. The number of nitrogens with one attached hydrogen (secondary N) is 2. The van der Waals surface area contributed by atoms with Gasteiger partial charge in [0.1, 0.15) is 35.6 Å². The van der Waals surface area contributed by atoms with Crippen LogP contribution in [0.15, 0.2) is 18.6 Å². The molecular weight excluding hydrogens is 358 g/mol. The van der Waals surface area contributed by atoms with Gasteiger partial charge in [0.25, 0.3) is 5.91 Å². The minimum atomic E-state index is -1.73. The second kappa shape index (κ2) is 6.09. The molecule has 0 saturated carbocycles. The summed E-state index contributed by atoms with van der Waals surface area (Å²) in [5, 5.41) is 35.9. The number of hydrogen-bond donors (Lipinski definition) is 5. The van der Waals surface area contributed by atoms with E-state index in [-0.39, 0.29) is 11.5 Å². The van der Waals surface area contributed by atoms with E-state index in [1.165, 1.54) is 30.1 Å². The van der Waals surface area contributed by atoms with Crippen LogP contribution in [0, 0.1) is 0 Å². The summed E-state index contributed by atoms with van der Waals surface area (Å²) in [5.41, 5.74) is -0.757. The van der Waals surface area contributed by atoms with Gasteiger partial charge in [-0.15, -0.1) is 0 Å². The summed E-state index contributed by atoms with van der Waals surface area (Å²) in [6.45, 7) is 0.910. The van der Waals surface area contributed by atoms with Crippen LogP contribution < -0.4 is 10.6 Å². The van der Waals surface area contributed by atoms with Gasteiger partial charge in [-0.3, -0.25) is 9.59 Å². The Morgan fingerprint density at radius 1 is 1.48 bits per heavy atom. The van der Waals surface area contributed by atoms with Crippen LogP contribution in [0.5, 0.6) is 0 Å². The maximum atomic E-state index is 12.0. The molecule has 2 aliphatic heterocycles. The van der Waals surface area contributed by atoms with Crippen LogP contribution in [0.3, 0.4) is 0 Å². The van der Waals surface area contributed by atoms with Gasteiger partial charge in [0, 0.05) is 17.8 Å². The summed E-state index contributed by atoms with van der Waals surface area (Å²) in [4.78, 5) is 31.3. The molecule has 1 saturated heterocycles. The molecule has 2 aliphatic rings. The number of aliphatic hydroxyl groups is 3. The zero-order valence-electron chi connectivity index (χ0n) is 14.2. The van der Waals surface area contributed by atoms with Crippen LogP contribution in [0.1, 0.15) is 18.7 Å². The average molecular weight is 375 g/mol. The minimum absolute atomic E-state index is 0.219. The van der Waals surface area contributed by atoms with E-state index in [2.05, 4.69) is 20.6 Å². The van der Waals surface area contributed by atoms with Crippen LogP contribution in [0.4, 0.5) is 5.82 Å². The average Bonchev–Trinajstić information content (AvgIpc) is 3.06. The summed E-state index contributed by atoms with van der Waals surface area (Å²) in [6.07, 6.45) is 1.03. The summed E-state index contributed by atoms with van der Waals surface area (Å²) >= 11 is 0. The Labute approximate surface area is 152 Å². The maximum Gasteiger partial charge on any atom is 0.251 e. The summed E-state index contributed by atoms with van der Waals surface area (Å²) in [5.74, 6) is -0.239. The Balaban J connectivity index is 1.94. The van der Waals surface area contributed by atoms with Crippen molar-refractivity contribution in [2.24, 2.45) is 0 Å². The van der Waals surface area contributed by atoms with Gasteiger partial charge in [-0.25, -0.2) is 9.97 Å². The molecule has 0 unspecified atom stereocenters. The van der Waals surface area contributed by atoms with Crippen LogP contribution in [0.25, 0.3) is 16.7 Å². The highest BCUT2D eigenvalue weighted by Crippen LogP contribution is 2.42. The lowest BCUT2D eigenvalue weighted by molar-refractivity contribution is -0.111. The highest BCUT2D eigenvalue weighted by Gasteiger charge is 2.53. The van der Waals surface area contributed by atoms with E-state index in [9.17, 15) is 24.9 Å². The SMILES string of the molecule is C[C@@]1(O)[C@H](O)[C@@H](CO)O[C@H]1n1cc2c3c(ncnc31)NC(=O)C=C2NC=O. The van der Waals surface area contributed by atoms with E-state index in [4.69, 9.17) is 4.74 Å². The first-order valence-electron chi connectivity index (χ1n) is 8.14. The lowest BCUT2D eigenvalue weighted by atomic mass is 9.96. The first-order valence-corrected chi connectivity index (χ1v) is 8.14. The molecule has 2 aromatic rings. The lowest BCUT2D eigenvalue weighted by Gasteiger charge is -2.27. The Hall–Kier alpha value is -2.86. The third kappa shape index (κ3) is 2.51. The number of ether oxygens (including phenoxy) is 1. The van der Waals surface area contributed by atoms with Crippen LogP contribution in [0.2, 0.25) is 0 Å². The van der Waals surface area contributed by atoms with Crippen LogP contribution in [-0.4, -0.2) is 66.6 Å². The number of hydrogen-bond acceptors (Lipinski definition) is 8. The number of aromatic nitrogens is 3. The fourth-order valence-corrected chi connectivity index (χ4v) is 3.50. The van der Waals surface area contributed by atoms with Gasteiger partial charge in [-0.05, 0) is 6.92 Å². The second-order valence-corrected chi connectivity index (χ2v) is 6.56. The van der Waals surface area contributed by atoms with Crippen molar-refractivity contribution >= 4 is 34.9 Å². The smallest absolute Gasteiger partial charge is 0.251 e. The van der Waals surface area contributed by atoms with Gasteiger partial charge in [0.05, 0.1) is 17.7 Å². The molecule has 0 bridgehead atoms. The van der Waals surface area contributed by atoms with Crippen molar-refractivity contribution in [1.29, 1.82) is 0 Å². The first kappa shape index (κ1) is 17.5. The van der Waals surface area contributed by atoms with Crippen molar-refractivity contribution < 1.29 is 29.6 Å². The normalized spacial score (nSPS) is 30.0. The Morgan fingerprint density at radius 3 is 2.93 bits per heavy atom. The zero-order chi connectivity index (χ0) is 19.3. The monoisotopic (exact) mass is 375 g/mol. The van der Waals surface area contributed by atoms with E-state index < -0.39 is 36.6 Å². The van der Waals surface area contributed by atoms with Crippen molar-refractivity contribution in [1.82, 2.24) is 19.9 Å². The van der Waals surface area contributed by atoms with E-state index in [1.54, 1.807) is 0 Å². The van der Waals surface area contributed by atoms with E-state index in [1.807, 2.05) is 0 Å². The zero-order valence-corrected chi connectivity index (χ0v) is 14.2. The van der Waals surface area contributed by atoms with E-state index >= 15 is 0 Å². The van der Waals surface area contributed by atoms with E-state index in [0.717, 1.165) is 0 Å². The third-order valence-corrected chi connectivity index (χ3v) is 4.82. The van der Waals surface area contributed by atoms with Crippen molar-refractivity contribution in [3.05, 3.63) is 24.2 Å². The third-order valence-electron chi connectivity index (χ3n) is 4.82. The summed E-state index contributed by atoms with van der Waals surface area (Å²) in [7, 11) is 0. The molecule has 4 heterocycles. The van der Waals surface area contributed by atoms with Gasteiger partial charge in [-0.2, -0.15) is 0 Å². The molecule has 0 spiro atoms. The van der Waals surface area contributed by atoms with Crippen molar-refractivity contribution in [2.75, 3.05) is 11.9 Å². The largest absolute Gasteiger partial charge is 0.394 e. The number of carbonyl (C=O) groups is 2. The number of aliphatic hydroxyl groups excluding tert-OH is 2. The molecule has 0 radical (unpaired) electrons. The predicted molar refractivity (Wildman–Crippen MR) is 91.0 cm³/mol. The minimum Gasteiger partial charge on any atom is -0.394 e. The Morgan fingerprint density at radius 2 is 2.26 bits per heavy atom. The van der Waals surface area contributed by atoms with Crippen molar-refractivity contribution in [3.63, 3.8) is 0 Å². The summed E-state index contributed by atoms with van der Waals surface area (Å²) < 4.78 is 7.13. The number of carbonyl (C=O) groups excluding carboxylic acids is 2. The second-order valence-electron chi connectivity index (χ2n) is 6.56. The molecule has 142 valence electrons. The fraction of sp³-hybridized carbons (Fsp3) is 0.375. The van der Waals surface area contributed by atoms with Gasteiger partial charge < -0.3 is 35.3 Å². The number of amides is 2. The standard InChI is InChI=1S/C16H17N5O6/c1-16(26)12(25)9(4-22)27-15(16)21-3-7-8(19-6-23)2-10(24)20-13-11(7)14(21)18-5-17-13/h2-3,5-6,9,12,15,22,25-26H,4H2,1H3,(H,19,23)(H,17,18,20,24)/t9-,12-,15-,16-/m1/s1. The van der Waals surface area contributed by atoms with Crippen molar-refractivity contribution in [2.45, 2.75) is 31.0 Å². The van der Waals surface area contributed by atoms with Gasteiger partial charge in [-0.1, -0.05) is 0 Å². The number of rotatable bonds is 4. The maximum absolute atomic E-state index is 12.0. The van der Waals surface area contributed by atoms with Crippen LogP contribution in [-0.2, 0) is 14.3 Å². The Bertz CT molecular complexity index is 968. The number of nitrogens with zero attached hydrogens (tertiary/aromatic N) is 3. The molecule has 2 aromatic heterocycles. The summed E-state index contributed by atoms with van der Waals surface area (Å²) in [6, 6.07) is 0. The molecule has 11 heteroatoms. The molecule has 0 aliphatic carbocycles. The molecule has 0 aromatic carbocycles. The molecule has 11 nitrogen and oxygen atoms in total. The molecule has 1 fully saturated rings. The molecule has 4 atom stereocenters. The topological polar surface area (TPSA) is 159 Å². The fourth-order valence-electron chi connectivity index (χ4n) is 3.50. The lowest BCUT2D eigenvalue weighted by Crippen LogP contribution is -2.44. The molecule has 5 N–H and O–H groups in total.